The molecule has 7 heteroatoms. The molecule has 1 aromatic rings. The van der Waals surface area contributed by atoms with Gasteiger partial charge in [-0.15, -0.1) is 0 Å². The summed E-state index contributed by atoms with van der Waals surface area (Å²) >= 11 is 0. The van der Waals surface area contributed by atoms with Crippen molar-refractivity contribution in [2.75, 3.05) is 45.3 Å². The molecule has 0 radical (unpaired) electrons. The van der Waals surface area contributed by atoms with E-state index in [1.165, 1.54) is 0 Å². The van der Waals surface area contributed by atoms with Crippen LogP contribution in [0, 0.1) is 0 Å². The summed E-state index contributed by atoms with van der Waals surface area (Å²) in [5, 5.41) is 0. The lowest BCUT2D eigenvalue weighted by Crippen LogP contribution is -2.42. The lowest BCUT2D eigenvalue weighted by atomic mass is 10.1. The number of benzene rings is 1. The van der Waals surface area contributed by atoms with Gasteiger partial charge in [0.15, 0.2) is 9.84 Å². The second kappa shape index (κ2) is 7.17. The number of likely N-dealkylation sites (N-methyl/N-ethyl adjacent to an activating group) is 1. The summed E-state index contributed by atoms with van der Waals surface area (Å²) in [5.74, 6) is 1.21. The van der Waals surface area contributed by atoms with Crippen LogP contribution < -0.4 is 4.74 Å². The number of rotatable bonds is 5. The zero-order valence-corrected chi connectivity index (χ0v) is 15.5. The minimum atomic E-state index is -2.94. The molecule has 1 aromatic carbocycles. The molecule has 25 heavy (non-hydrogen) atoms. The van der Waals surface area contributed by atoms with Crippen molar-refractivity contribution in [3.8, 4) is 5.75 Å². The van der Waals surface area contributed by atoms with Gasteiger partial charge in [0.1, 0.15) is 5.75 Å². The molecule has 6 nitrogen and oxygen atoms in total. The topological polar surface area (TPSA) is 66.9 Å². The number of nitrogens with zero attached hydrogens (tertiary/aromatic N) is 2. The van der Waals surface area contributed by atoms with Crippen molar-refractivity contribution < 1.29 is 17.9 Å². The van der Waals surface area contributed by atoms with Gasteiger partial charge >= 0.3 is 0 Å². The van der Waals surface area contributed by atoms with Crippen molar-refractivity contribution in [2.45, 2.75) is 12.5 Å². The van der Waals surface area contributed by atoms with Crippen LogP contribution in [0.1, 0.15) is 12.0 Å². The predicted molar refractivity (Wildman–Crippen MR) is 97.2 cm³/mol. The third-order valence-corrected chi connectivity index (χ3v) is 6.68. The van der Waals surface area contributed by atoms with Gasteiger partial charge in [0.25, 0.3) is 0 Å². The summed E-state index contributed by atoms with van der Waals surface area (Å²) in [7, 11) is 0.530. The maximum atomic E-state index is 12.6. The third kappa shape index (κ3) is 4.22. The van der Waals surface area contributed by atoms with Gasteiger partial charge in [-0.25, -0.2) is 8.42 Å². The molecule has 1 saturated heterocycles. The molecule has 0 aliphatic carbocycles. The molecule has 1 fully saturated rings. The van der Waals surface area contributed by atoms with Crippen molar-refractivity contribution in [1.29, 1.82) is 0 Å². The lowest BCUT2D eigenvalue weighted by Gasteiger charge is -2.25. The summed E-state index contributed by atoms with van der Waals surface area (Å²) < 4.78 is 28.4. The summed E-state index contributed by atoms with van der Waals surface area (Å²) in [5.41, 5.74) is 2.17. The van der Waals surface area contributed by atoms with Gasteiger partial charge in [-0.2, -0.15) is 0 Å². The van der Waals surface area contributed by atoms with E-state index in [9.17, 15) is 13.2 Å². The third-order valence-electron chi connectivity index (χ3n) is 4.93. The molecule has 1 amide bonds. The molecular weight excluding hydrogens is 340 g/mol. The molecule has 1 unspecified atom stereocenters. The highest BCUT2D eigenvalue weighted by Crippen LogP contribution is 2.25. The average molecular weight is 364 g/mol. The largest absolute Gasteiger partial charge is 0.497 e. The van der Waals surface area contributed by atoms with Gasteiger partial charge in [-0.3, -0.25) is 9.69 Å². The Hall–Kier alpha value is -1.86. The molecule has 2 aliphatic rings. The highest BCUT2D eigenvalue weighted by atomic mass is 32.2. The van der Waals surface area contributed by atoms with E-state index in [4.69, 9.17) is 4.74 Å². The Morgan fingerprint density at radius 1 is 1.40 bits per heavy atom. The van der Waals surface area contributed by atoms with E-state index in [1.54, 1.807) is 12.0 Å². The molecule has 2 heterocycles. The number of carbonyl (C=O) groups excluding carboxylic acids is 1. The molecule has 0 bridgehead atoms. The Kier molecular flexibility index (Phi) is 5.15. The number of sulfone groups is 1. The van der Waals surface area contributed by atoms with Crippen LogP contribution >= 0.6 is 0 Å². The zero-order valence-electron chi connectivity index (χ0n) is 14.6. The maximum absolute atomic E-state index is 12.6. The van der Waals surface area contributed by atoms with Crippen LogP contribution in [-0.2, 0) is 14.6 Å². The quantitative estimate of drug-likeness (QED) is 0.781. The van der Waals surface area contributed by atoms with Crippen molar-refractivity contribution in [3.05, 3.63) is 35.9 Å². The standard InChI is InChI=1S/C18H24N2O4S/c1-19(16-7-9-25(22,23)13-16)12-18(21)20-8-6-15(11-20)14-4-3-5-17(10-14)24-2/h3-6,10,16H,7-9,11-13H2,1-2H3. The summed E-state index contributed by atoms with van der Waals surface area (Å²) in [6.45, 7) is 1.41. The van der Waals surface area contributed by atoms with Crippen LogP contribution in [0.15, 0.2) is 30.3 Å². The Labute approximate surface area is 149 Å². The molecule has 3 rings (SSSR count). The van der Waals surface area contributed by atoms with Crippen molar-refractivity contribution in [2.24, 2.45) is 0 Å². The Morgan fingerprint density at radius 2 is 2.20 bits per heavy atom. The zero-order chi connectivity index (χ0) is 18.0. The second-order valence-corrected chi connectivity index (χ2v) is 8.94. The number of carbonyl (C=O) groups is 1. The van der Waals surface area contributed by atoms with Crippen molar-refractivity contribution in [1.82, 2.24) is 9.80 Å². The number of hydrogen-bond acceptors (Lipinski definition) is 5. The van der Waals surface area contributed by atoms with Gasteiger partial charge in [0, 0.05) is 19.1 Å². The van der Waals surface area contributed by atoms with Crippen LogP contribution in [-0.4, -0.2) is 75.5 Å². The number of hydrogen-bond donors (Lipinski definition) is 0. The van der Waals surface area contributed by atoms with E-state index in [2.05, 4.69) is 6.08 Å². The number of amides is 1. The highest BCUT2D eigenvalue weighted by Gasteiger charge is 2.32. The van der Waals surface area contributed by atoms with Crippen LogP contribution in [0.2, 0.25) is 0 Å². The molecule has 136 valence electrons. The van der Waals surface area contributed by atoms with E-state index in [1.807, 2.05) is 36.2 Å². The maximum Gasteiger partial charge on any atom is 0.237 e. The van der Waals surface area contributed by atoms with E-state index >= 15 is 0 Å². The fraction of sp³-hybridized carbons (Fsp3) is 0.500. The smallest absolute Gasteiger partial charge is 0.237 e. The first-order valence-corrected chi connectivity index (χ1v) is 10.2. The monoisotopic (exact) mass is 364 g/mol. The Bertz CT molecular complexity index is 788. The van der Waals surface area contributed by atoms with E-state index < -0.39 is 9.84 Å². The van der Waals surface area contributed by atoms with Gasteiger partial charge < -0.3 is 9.64 Å². The molecule has 2 aliphatic heterocycles. The van der Waals surface area contributed by atoms with Crippen LogP contribution in [0.3, 0.4) is 0 Å². The number of methoxy groups -OCH3 is 1. The van der Waals surface area contributed by atoms with Gasteiger partial charge in [0.2, 0.25) is 5.91 Å². The van der Waals surface area contributed by atoms with E-state index in [-0.39, 0.29) is 30.0 Å². The molecule has 0 N–H and O–H groups in total. The summed E-state index contributed by atoms with van der Waals surface area (Å²) in [6.07, 6.45) is 2.67. The number of ether oxygens (including phenoxy) is 1. The Morgan fingerprint density at radius 3 is 2.88 bits per heavy atom. The van der Waals surface area contributed by atoms with Crippen molar-refractivity contribution >= 4 is 21.3 Å². The van der Waals surface area contributed by atoms with Crippen molar-refractivity contribution in [3.63, 3.8) is 0 Å². The summed E-state index contributed by atoms with van der Waals surface area (Å²) in [6, 6.07) is 7.76. The lowest BCUT2D eigenvalue weighted by molar-refractivity contribution is -0.131. The SMILES string of the molecule is COc1cccc(C2=CCN(C(=O)CN(C)C3CCS(=O)(=O)C3)C2)c1. The molecule has 1 atom stereocenters. The average Bonchev–Trinajstić information content (AvgIpc) is 3.21. The Balaban J connectivity index is 1.56. The molecular formula is C18H24N2O4S. The fourth-order valence-electron chi connectivity index (χ4n) is 3.34. The second-order valence-electron chi connectivity index (χ2n) is 6.71. The van der Waals surface area contributed by atoms with E-state index in [0.717, 1.165) is 16.9 Å². The highest BCUT2D eigenvalue weighted by molar-refractivity contribution is 7.91. The predicted octanol–water partition coefficient (Wildman–Crippen LogP) is 1.04. The first-order valence-electron chi connectivity index (χ1n) is 8.40. The normalized spacial score (nSPS) is 22.3. The molecule has 0 aromatic heterocycles. The molecule has 0 saturated carbocycles. The fourth-order valence-corrected chi connectivity index (χ4v) is 5.15. The van der Waals surface area contributed by atoms with Crippen LogP contribution in [0.5, 0.6) is 5.75 Å². The molecule has 0 spiro atoms. The van der Waals surface area contributed by atoms with Crippen LogP contribution in [0.25, 0.3) is 5.57 Å². The van der Waals surface area contributed by atoms with E-state index in [0.29, 0.717) is 19.5 Å². The first kappa shape index (κ1) is 17.9. The van der Waals surface area contributed by atoms with Gasteiger partial charge in [0.05, 0.1) is 25.2 Å². The van der Waals surface area contributed by atoms with Gasteiger partial charge in [-0.1, -0.05) is 18.2 Å². The summed E-state index contributed by atoms with van der Waals surface area (Å²) in [4.78, 5) is 16.2. The minimum absolute atomic E-state index is 0.0287. The van der Waals surface area contributed by atoms with Crippen LogP contribution in [0.4, 0.5) is 0 Å². The van der Waals surface area contributed by atoms with Gasteiger partial charge in [-0.05, 0) is 36.7 Å². The minimum Gasteiger partial charge on any atom is -0.497 e. The first-order chi connectivity index (χ1) is 11.9.